The number of carboxylic acids is 1. The molecule has 3 heterocycles. The molecule has 0 atom stereocenters. The van der Waals surface area contributed by atoms with Crippen LogP contribution >= 0.6 is 11.3 Å². The summed E-state index contributed by atoms with van der Waals surface area (Å²) in [5.41, 5.74) is 1.50. The first-order valence-electron chi connectivity index (χ1n) is 9.25. The van der Waals surface area contributed by atoms with E-state index in [0.29, 0.717) is 10.6 Å². The zero-order valence-corrected chi connectivity index (χ0v) is 17.4. The molecule has 0 aliphatic rings. The predicted molar refractivity (Wildman–Crippen MR) is 117 cm³/mol. The summed E-state index contributed by atoms with van der Waals surface area (Å²) in [6.45, 7) is 1.90. The van der Waals surface area contributed by atoms with Gasteiger partial charge in [0.15, 0.2) is 11.5 Å². The fourth-order valence-electron chi connectivity index (χ4n) is 3.44. The van der Waals surface area contributed by atoms with Gasteiger partial charge in [-0.05, 0) is 30.0 Å². The van der Waals surface area contributed by atoms with E-state index >= 15 is 0 Å². The third-order valence-electron chi connectivity index (χ3n) is 4.98. The number of carbonyl (C=O) groups excluding carboxylic acids is 1. The summed E-state index contributed by atoms with van der Waals surface area (Å²) in [5.74, 6) is -2.69. The number of amides is 1. The van der Waals surface area contributed by atoms with Crippen LogP contribution in [0.5, 0.6) is 5.75 Å². The number of aromatic hydroxyl groups is 1. The number of nitrogens with zero attached hydrogens (tertiary/aromatic N) is 2. The molecule has 4 N–H and O–H groups in total. The summed E-state index contributed by atoms with van der Waals surface area (Å²) in [6, 6.07) is 9.36. The molecule has 0 aliphatic heterocycles. The molecule has 31 heavy (non-hydrogen) atoms. The van der Waals surface area contributed by atoms with Crippen LogP contribution in [0.4, 0.5) is 5.69 Å². The summed E-state index contributed by atoms with van der Waals surface area (Å²) >= 11 is 1.19. The van der Waals surface area contributed by atoms with Gasteiger partial charge in [-0.2, -0.15) is 0 Å². The molecule has 3 aromatic heterocycles. The van der Waals surface area contributed by atoms with Crippen molar-refractivity contribution in [1.82, 2.24) is 14.5 Å². The van der Waals surface area contributed by atoms with E-state index in [1.165, 1.54) is 18.4 Å². The molecule has 9 nitrogen and oxygen atoms in total. The van der Waals surface area contributed by atoms with Crippen LogP contribution in [0, 0.1) is 6.92 Å². The van der Waals surface area contributed by atoms with Crippen LogP contribution in [0.15, 0.2) is 40.5 Å². The molecule has 4 rings (SSSR count). The van der Waals surface area contributed by atoms with Crippen molar-refractivity contribution in [3.05, 3.63) is 63.0 Å². The first kappa shape index (κ1) is 20.4. The highest BCUT2D eigenvalue weighted by Gasteiger charge is 2.23. The molecule has 0 aliphatic carbocycles. The lowest BCUT2D eigenvalue weighted by atomic mass is 10.1. The van der Waals surface area contributed by atoms with E-state index in [0.717, 1.165) is 26.7 Å². The highest BCUT2D eigenvalue weighted by Crippen LogP contribution is 2.33. The van der Waals surface area contributed by atoms with Gasteiger partial charge in [0.05, 0.1) is 17.0 Å². The number of hydrogen-bond acceptors (Lipinski definition) is 6. The van der Waals surface area contributed by atoms with Gasteiger partial charge in [-0.1, -0.05) is 18.2 Å². The van der Waals surface area contributed by atoms with Crippen molar-refractivity contribution in [1.29, 1.82) is 0 Å². The molecule has 0 fully saturated rings. The van der Waals surface area contributed by atoms with Crippen molar-refractivity contribution in [3.63, 3.8) is 0 Å². The first-order chi connectivity index (χ1) is 14.8. The van der Waals surface area contributed by atoms with Crippen LogP contribution in [-0.2, 0) is 18.3 Å². The van der Waals surface area contributed by atoms with Crippen molar-refractivity contribution >= 4 is 39.8 Å². The van der Waals surface area contributed by atoms with E-state index in [2.05, 4.69) is 15.3 Å². The van der Waals surface area contributed by atoms with Gasteiger partial charge in [0, 0.05) is 23.6 Å². The molecule has 1 aromatic carbocycles. The zero-order valence-electron chi connectivity index (χ0n) is 16.6. The Morgan fingerprint density at radius 2 is 2.00 bits per heavy atom. The quantitative estimate of drug-likeness (QED) is 0.378. The van der Waals surface area contributed by atoms with E-state index < -0.39 is 23.0 Å². The normalized spacial score (nSPS) is 11.0. The second kappa shape index (κ2) is 7.73. The maximum atomic E-state index is 12.8. The highest BCUT2D eigenvalue weighted by atomic mass is 32.1. The average Bonchev–Trinajstić information content (AvgIpc) is 3.30. The Hall–Kier alpha value is -3.92. The molecule has 0 unspecified atom stereocenters. The number of nitrogens with one attached hydrogen (secondary N) is 2. The van der Waals surface area contributed by atoms with Crippen molar-refractivity contribution < 1.29 is 19.8 Å². The third kappa shape index (κ3) is 3.57. The number of benzene rings is 1. The number of aromatic nitrogens is 3. The maximum Gasteiger partial charge on any atom is 0.358 e. The number of aryl methyl sites for hydroxylation is 1. The maximum absolute atomic E-state index is 12.8. The highest BCUT2D eigenvalue weighted by molar-refractivity contribution is 7.14. The van der Waals surface area contributed by atoms with Crippen molar-refractivity contribution in [2.45, 2.75) is 13.3 Å². The summed E-state index contributed by atoms with van der Waals surface area (Å²) < 4.78 is 1.05. The van der Waals surface area contributed by atoms with Crippen molar-refractivity contribution in [2.24, 2.45) is 7.05 Å². The molecule has 0 radical (unpaired) electrons. The number of rotatable bonds is 5. The number of hydrogen-bond donors (Lipinski definition) is 4. The SMILES string of the molecule is Cc1[nH]c2ccccc2c1CC(=O)Nc1ccsc1-c1nc(C(=O)O)c(O)c(=O)n1C. The standard InChI is InChI=1S/C21H18N4O5S/c1-10-12(11-5-3-4-6-13(11)22-10)9-15(26)23-14-7-8-31-18(14)19-24-16(21(29)30)17(27)20(28)25(19)2/h3-8,22,27H,9H2,1-2H3,(H,23,26)(H,29,30). The Labute approximate surface area is 179 Å². The molecule has 1 amide bonds. The van der Waals surface area contributed by atoms with Gasteiger partial charge in [0.2, 0.25) is 11.7 Å². The minimum absolute atomic E-state index is 0.0359. The van der Waals surface area contributed by atoms with Crippen LogP contribution in [0.25, 0.3) is 21.6 Å². The first-order valence-corrected chi connectivity index (χ1v) is 10.1. The molecule has 0 spiro atoms. The second-order valence-electron chi connectivity index (χ2n) is 6.96. The summed E-state index contributed by atoms with van der Waals surface area (Å²) in [4.78, 5) is 44.0. The molecule has 0 saturated carbocycles. The lowest BCUT2D eigenvalue weighted by Crippen LogP contribution is -2.23. The molecule has 0 saturated heterocycles. The molecule has 158 valence electrons. The van der Waals surface area contributed by atoms with Gasteiger partial charge in [-0.25, -0.2) is 9.78 Å². The Bertz CT molecular complexity index is 1400. The number of thiophene rings is 1. The Balaban J connectivity index is 1.67. The smallest absolute Gasteiger partial charge is 0.358 e. The minimum atomic E-state index is -1.52. The summed E-state index contributed by atoms with van der Waals surface area (Å²) in [5, 5.41) is 24.5. The lowest BCUT2D eigenvalue weighted by molar-refractivity contribution is -0.115. The van der Waals surface area contributed by atoms with Gasteiger partial charge in [-0.15, -0.1) is 11.3 Å². The molecule has 4 aromatic rings. The minimum Gasteiger partial charge on any atom is -0.501 e. The third-order valence-corrected chi connectivity index (χ3v) is 5.89. The van der Waals surface area contributed by atoms with Crippen LogP contribution in [-0.4, -0.2) is 36.6 Å². The van der Waals surface area contributed by atoms with Gasteiger partial charge < -0.3 is 20.5 Å². The van der Waals surface area contributed by atoms with Gasteiger partial charge in [0.1, 0.15) is 0 Å². The number of para-hydroxylation sites is 1. The van der Waals surface area contributed by atoms with E-state index in [-0.39, 0.29) is 18.2 Å². The topological polar surface area (TPSA) is 137 Å². The van der Waals surface area contributed by atoms with Crippen LogP contribution in [0.3, 0.4) is 0 Å². The summed E-state index contributed by atoms with van der Waals surface area (Å²) in [7, 11) is 1.37. The monoisotopic (exact) mass is 438 g/mol. The Morgan fingerprint density at radius 3 is 2.74 bits per heavy atom. The molecule has 0 bridgehead atoms. The second-order valence-corrected chi connectivity index (χ2v) is 7.88. The van der Waals surface area contributed by atoms with E-state index in [9.17, 15) is 24.6 Å². The largest absolute Gasteiger partial charge is 0.501 e. The number of fused-ring (bicyclic) bond motifs is 1. The van der Waals surface area contributed by atoms with E-state index in [1.807, 2.05) is 31.2 Å². The van der Waals surface area contributed by atoms with Crippen molar-refractivity contribution in [2.75, 3.05) is 5.32 Å². The Morgan fingerprint density at radius 1 is 1.26 bits per heavy atom. The number of carboxylic acid groups (broad SMARTS) is 1. The van der Waals surface area contributed by atoms with E-state index in [4.69, 9.17) is 0 Å². The number of anilines is 1. The molecule has 10 heteroatoms. The van der Waals surface area contributed by atoms with Crippen LogP contribution < -0.4 is 10.9 Å². The number of H-pyrrole nitrogens is 1. The fraction of sp³-hybridized carbons (Fsp3) is 0.143. The van der Waals surface area contributed by atoms with E-state index in [1.54, 1.807) is 11.4 Å². The van der Waals surface area contributed by atoms with Crippen molar-refractivity contribution in [3.8, 4) is 16.5 Å². The number of aromatic amines is 1. The number of carbonyl (C=O) groups is 2. The van der Waals surface area contributed by atoms with Gasteiger partial charge in [0.25, 0.3) is 5.56 Å². The lowest BCUT2D eigenvalue weighted by Gasteiger charge is -2.11. The van der Waals surface area contributed by atoms with Crippen LogP contribution in [0.2, 0.25) is 0 Å². The fourth-order valence-corrected chi connectivity index (χ4v) is 4.31. The molecular formula is C21H18N4O5S. The molecular weight excluding hydrogens is 420 g/mol. The van der Waals surface area contributed by atoms with Gasteiger partial charge >= 0.3 is 5.97 Å². The van der Waals surface area contributed by atoms with Crippen LogP contribution in [0.1, 0.15) is 21.7 Å². The Kier molecular flexibility index (Phi) is 5.07. The predicted octanol–water partition coefficient (Wildman–Crippen LogP) is 2.88. The summed E-state index contributed by atoms with van der Waals surface area (Å²) in [6.07, 6.45) is 0.132. The van der Waals surface area contributed by atoms with Gasteiger partial charge in [-0.3, -0.25) is 14.2 Å². The zero-order chi connectivity index (χ0) is 22.3. The average molecular weight is 438 g/mol. The number of aromatic carboxylic acids is 1.